The minimum Gasteiger partial charge on any atom is -0.428 e. The zero-order valence-electron chi connectivity index (χ0n) is 22.2. The van der Waals surface area contributed by atoms with Crippen molar-refractivity contribution >= 4 is 6.47 Å². The first-order valence-electron chi connectivity index (χ1n) is 14.5. The topological polar surface area (TPSA) is 26.3 Å². The van der Waals surface area contributed by atoms with Crippen molar-refractivity contribution in [3.63, 3.8) is 0 Å². The number of aryl methyl sites for hydroxylation is 1. The van der Waals surface area contributed by atoms with Crippen molar-refractivity contribution in [2.75, 3.05) is 0 Å². The minimum atomic E-state index is 0.585. The fourth-order valence-corrected chi connectivity index (χ4v) is 4.88. The van der Waals surface area contributed by atoms with Crippen LogP contribution in [0.3, 0.4) is 0 Å². The van der Waals surface area contributed by atoms with Gasteiger partial charge in [0.2, 0.25) is 0 Å². The van der Waals surface area contributed by atoms with Crippen LogP contribution in [0.1, 0.15) is 153 Å². The Hall–Kier alpha value is -1.31. The fourth-order valence-electron chi connectivity index (χ4n) is 4.88. The number of benzene rings is 1. The highest BCUT2D eigenvalue weighted by molar-refractivity contribution is 5.50. The van der Waals surface area contributed by atoms with Gasteiger partial charge in [0.15, 0.2) is 0 Å². The maximum Gasteiger partial charge on any atom is 0.298 e. The van der Waals surface area contributed by atoms with Gasteiger partial charge in [-0.1, -0.05) is 142 Å². The Labute approximate surface area is 206 Å². The molecule has 0 N–H and O–H groups in total. The highest BCUT2D eigenvalue weighted by Gasteiger charge is 2.10. The summed E-state index contributed by atoms with van der Waals surface area (Å²) < 4.78 is 5.34. The molecule has 2 heteroatoms. The molecule has 0 bridgehead atoms. The van der Waals surface area contributed by atoms with Crippen molar-refractivity contribution in [1.82, 2.24) is 0 Å². The van der Waals surface area contributed by atoms with E-state index in [2.05, 4.69) is 19.9 Å². The van der Waals surface area contributed by atoms with Crippen LogP contribution in [0, 0.1) is 0 Å². The zero-order chi connectivity index (χ0) is 23.8. The molecule has 0 aromatic heterocycles. The summed E-state index contributed by atoms with van der Waals surface area (Å²) in [6.45, 7) is 5.14. The standard InChI is InChI=1S/C31H54O2/c1-3-5-7-9-11-13-15-17-19-21-24-29-25-23-27-31(33-28-32)30(29)26-22-20-18-16-14-12-10-8-6-4-2/h23,25,27-28H,3-22,24,26H2,1-2H3. The lowest BCUT2D eigenvalue weighted by atomic mass is 9.95. The molecule has 0 aliphatic heterocycles. The summed E-state index contributed by atoms with van der Waals surface area (Å²) in [5, 5.41) is 0. The van der Waals surface area contributed by atoms with E-state index in [9.17, 15) is 4.79 Å². The molecule has 1 aromatic carbocycles. The fraction of sp³-hybridized carbons (Fsp3) is 0.774. The lowest BCUT2D eigenvalue weighted by Crippen LogP contribution is -2.01. The quantitative estimate of drug-likeness (QED) is 0.114. The molecule has 0 saturated carbocycles. The number of carbonyl (C=O) groups excluding carboxylic acids is 1. The van der Waals surface area contributed by atoms with Crippen LogP contribution in [0.2, 0.25) is 0 Å². The Bertz CT molecular complexity index is 566. The highest BCUT2D eigenvalue weighted by Crippen LogP contribution is 2.26. The van der Waals surface area contributed by atoms with E-state index < -0.39 is 0 Å². The monoisotopic (exact) mass is 458 g/mol. The van der Waals surface area contributed by atoms with Crippen molar-refractivity contribution in [1.29, 1.82) is 0 Å². The average Bonchev–Trinajstić information content (AvgIpc) is 2.83. The average molecular weight is 459 g/mol. The summed E-state index contributed by atoms with van der Waals surface area (Å²) in [6.07, 6.45) is 29.3. The number of hydrogen-bond acceptors (Lipinski definition) is 2. The normalized spacial score (nSPS) is 11.1. The summed E-state index contributed by atoms with van der Waals surface area (Å²) in [7, 11) is 0. The predicted octanol–water partition coefficient (Wildman–Crippen LogP) is 10.1. The number of unbranched alkanes of at least 4 members (excludes halogenated alkanes) is 18. The van der Waals surface area contributed by atoms with Crippen LogP contribution in [0.4, 0.5) is 0 Å². The Morgan fingerprint density at radius 3 is 1.45 bits per heavy atom. The van der Waals surface area contributed by atoms with Crippen LogP contribution in [-0.4, -0.2) is 6.47 Å². The minimum absolute atomic E-state index is 0.585. The second-order valence-electron chi connectivity index (χ2n) is 9.97. The Morgan fingerprint density at radius 2 is 1.00 bits per heavy atom. The summed E-state index contributed by atoms with van der Waals surface area (Å²) in [6, 6.07) is 6.26. The number of ether oxygens (including phenoxy) is 1. The first kappa shape index (κ1) is 29.7. The molecular weight excluding hydrogens is 404 g/mol. The Morgan fingerprint density at radius 1 is 0.576 bits per heavy atom. The Kier molecular flexibility index (Phi) is 20.2. The first-order chi connectivity index (χ1) is 16.3. The van der Waals surface area contributed by atoms with E-state index in [1.54, 1.807) is 0 Å². The molecule has 2 nitrogen and oxygen atoms in total. The van der Waals surface area contributed by atoms with E-state index in [0.717, 1.165) is 18.6 Å². The van der Waals surface area contributed by atoms with E-state index in [0.29, 0.717) is 6.47 Å². The van der Waals surface area contributed by atoms with Crippen molar-refractivity contribution in [2.45, 2.75) is 155 Å². The molecule has 0 amide bonds. The molecule has 1 rings (SSSR count). The molecule has 0 atom stereocenters. The molecule has 190 valence electrons. The number of hydrogen-bond donors (Lipinski definition) is 0. The molecular formula is C31H54O2. The second kappa shape index (κ2) is 22.5. The van der Waals surface area contributed by atoms with Crippen molar-refractivity contribution < 1.29 is 9.53 Å². The number of rotatable bonds is 24. The van der Waals surface area contributed by atoms with Crippen molar-refractivity contribution in [2.24, 2.45) is 0 Å². The highest BCUT2D eigenvalue weighted by atomic mass is 16.5. The molecule has 0 fully saturated rings. The van der Waals surface area contributed by atoms with Gasteiger partial charge in [0, 0.05) is 0 Å². The molecule has 0 aliphatic carbocycles. The van der Waals surface area contributed by atoms with Gasteiger partial charge in [-0.05, 0) is 42.9 Å². The first-order valence-corrected chi connectivity index (χ1v) is 14.5. The summed E-state index contributed by atoms with van der Waals surface area (Å²) in [5.74, 6) is 0.783. The van der Waals surface area contributed by atoms with Gasteiger partial charge in [-0.2, -0.15) is 0 Å². The van der Waals surface area contributed by atoms with Gasteiger partial charge in [-0.25, -0.2) is 0 Å². The van der Waals surface area contributed by atoms with E-state index in [4.69, 9.17) is 4.74 Å². The van der Waals surface area contributed by atoms with Crippen LogP contribution < -0.4 is 4.74 Å². The number of carbonyl (C=O) groups is 1. The van der Waals surface area contributed by atoms with Crippen LogP contribution in [0.25, 0.3) is 0 Å². The summed E-state index contributed by atoms with van der Waals surface area (Å²) >= 11 is 0. The van der Waals surface area contributed by atoms with Gasteiger partial charge in [-0.3, -0.25) is 4.79 Å². The second-order valence-corrected chi connectivity index (χ2v) is 9.97. The van der Waals surface area contributed by atoms with Gasteiger partial charge in [0.05, 0.1) is 0 Å². The van der Waals surface area contributed by atoms with Crippen molar-refractivity contribution in [3.8, 4) is 5.75 Å². The SMILES string of the molecule is CCCCCCCCCCCCc1cccc(OC=O)c1CCCCCCCCCCCC. The molecule has 0 spiro atoms. The zero-order valence-corrected chi connectivity index (χ0v) is 22.2. The van der Waals surface area contributed by atoms with E-state index in [1.807, 2.05) is 12.1 Å². The predicted molar refractivity (Wildman–Crippen MR) is 144 cm³/mol. The molecule has 33 heavy (non-hydrogen) atoms. The molecule has 0 radical (unpaired) electrons. The maximum absolute atomic E-state index is 11.0. The third-order valence-corrected chi connectivity index (χ3v) is 6.99. The van der Waals surface area contributed by atoms with Gasteiger partial charge >= 0.3 is 0 Å². The lowest BCUT2D eigenvalue weighted by molar-refractivity contribution is -0.120. The van der Waals surface area contributed by atoms with E-state index >= 15 is 0 Å². The third-order valence-electron chi connectivity index (χ3n) is 6.99. The molecule has 1 aromatic rings. The van der Waals surface area contributed by atoms with Gasteiger partial charge in [-0.15, -0.1) is 0 Å². The third kappa shape index (κ3) is 16.0. The smallest absolute Gasteiger partial charge is 0.298 e. The van der Waals surface area contributed by atoms with E-state index in [-0.39, 0.29) is 0 Å². The molecule has 0 unspecified atom stereocenters. The summed E-state index contributed by atoms with van der Waals surface area (Å²) in [4.78, 5) is 11.0. The van der Waals surface area contributed by atoms with E-state index in [1.165, 1.54) is 140 Å². The van der Waals surface area contributed by atoms with Gasteiger partial charge in [0.25, 0.3) is 6.47 Å². The molecule has 0 saturated heterocycles. The molecule has 0 aliphatic rings. The lowest BCUT2D eigenvalue weighted by Gasteiger charge is -2.13. The van der Waals surface area contributed by atoms with Gasteiger partial charge < -0.3 is 4.74 Å². The molecule has 0 heterocycles. The van der Waals surface area contributed by atoms with Crippen LogP contribution in [-0.2, 0) is 17.6 Å². The largest absolute Gasteiger partial charge is 0.428 e. The van der Waals surface area contributed by atoms with Crippen molar-refractivity contribution in [3.05, 3.63) is 29.3 Å². The van der Waals surface area contributed by atoms with Crippen LogP contribution in [0.5, 0.6) is 5.75 Å². The Balaban J connectivity index is 2.26. The van der Waals surface area contributed by atoms with Crippen LogP contribution >= 0.6 is 0 Å². The summed E-state index contributed by atoms with van der Waals surface area (Å²) in [5.41, 5.74) is 2.67. The maximum atomic E-state index is 11.0. The van der Waals surface area contributed by atoms with Gasteiger partial charge in [0.1, 0.15) is 5.75 Å². The van der Waals surface area contributed by atoms with Crippen LogP contribution in [0.15, 0.2) is 18.2 Å².